The number of halogens is 3. The van der Waals surface area contributed by atoms with E-state index >= 15 is 0 Å². The van der Waals surface area contributed by atoms with Crippen molar-refractivity contribution < 1.29 is 22.8 Å². The standard InChI is InChI=1S/C24H25F3N6O2/c1-13(2)18-5-3-14(7-19(18)27)23(20-6-4-15(25)10-28-20)30-24(35)21-8-16(26)12-33(21)22(34)9-17-11-29-32-31-17/h3-7,10-11,13,16,21,23H,8-9,12H2,1-2H3,(H,30,35)(H,29,31,32). The van der Waals surface area contributed by atoms with Crippen molar-refractivity contribution in [3.05, 3.63) is 76.9 Å². The SMILES string of the molecule is CC(C)c1ccc(C(NC(=O)C2CC(F)CN2C(=O)Cc2cn[nH]n2)c2ccc(F)cn2)cc1F. The Hall–Kier alpha value is -3.76. The van der Waals surface area contributed by atoms with E-state index in [9.17, 15) is 22.8 Å². The number of hydrogen-bond acceptors (Lipinski definition) is 5. The Balaban J connectivity index is 1.60. The van der Waals surface area contributed by atoms with Crippen LogP contribution < -0.4 is 5.32 Å². The van der Waals surface area contributed by atoms with Crippen LogP contribution in [0.3, 0.4) is 0 Å². The average molecular weight is 486 g/mol. The Morgan fingerprint density at radius 3 is 2.63 bits per heavy atom. The highest BCUT2D eigenvalue weighted by atomic mass is 19.1. The predicted octanol–water partition coefficient (Wildman–Crippen LogP) is 2.99. The van der Waals surface area contributed by atoms with Crippen molar-refractivity contribution in [2.24, 2.45) is 0 Å². The largest absolute Gasteiger partial charge is 0.342 e. The number of carbonyl (C=O) groups excluding carboxylic acids is 2. The summed E-state index contributed by atoms with van der Waals surface area (Å²) in [6.07, 6.45) is 0.672. The molecule has 0 radical (unpaired) electrons. The molecule has 35 heavy (non-hydrogen) atoms. The van der Waals surface area contributed by atoms with Gasteiger partial charge in [-0.2, -0.15) is 15.4 Å². The molecule has 1 saturated heterocycles. The molecule has 8 nitrogen and oxygen atoms in total. The van der Waals surface area contributed by atoms with Gasteiger partial charge in [-0.3, -0.25) is 14.6 Å². The quantitative estimate of drug-likeness (QED) is 0.535. The molecule has 4 rings (SSSR count). The Morgan fingerprint density at radius 2 is 2.00 bits per heavy atom. The van der Waals surface area contributed by atoms with Crippen LogP contribution in [0.2, 0.25) is 0 Å². The molecule has 3 heterocycles. The number of nitrogens with zero attached hydrogens (tertiary/aromatic N) is 4. The Labute approximate surface area is 199 Å². The fourth-order valence-corrected chi connectivity index (χ4v) is 4.19. The first-order chi connectivity index (χ1) is 16.7. The van der Waals surface area contributed by atoms with Gasteiger partial charge in [-0.1, -0.05) is 26.0 Å². The number of likely N-dealkylation sites (tertiary alicyclic amines) is 1. The van der Waals surface area contributed by atoms with Gasteiger partial charge in [0.25, 0.3) is 0 Å². The summed E-state index contributed by atoms with van der Waals surface area (Å²) < 4.78 is 42.6. The minimum Gasteiger partial charge on any atom is -0.342 e. The fraction of sp³-hybridized carbons (Fsp3) is 0.375. The number of H-pyrrole nitrogens is 1. The van der Waals surface area contributed by atoms with E-state index in [1.54, 1.807) is 12.1 Å². The molecule has 1 aromatic carbocycles. The molecule has 11 heteroatoms. The Kier molecular flexibility index (Phi) is 7.13. The van der Waals surface area contributed by atoms with Crippen LogP contribution in [0.25, 0.3) is 0 Å². The van der Waals surface area contributed by atoms with Crippen LogP contribution in [0, 0.1) is 11.6 Å². The predicted molar refractivity (Wildman–Crippen MR) is 120 cm³/mol. The second-order valence-corrected chi connectivity index (χ2v) is 8.81. The Morgan fingerprint density at radius 1 is 1.20 bits per heavy atom. The lowest BCUT2D eigenvalue weighted by Crippen LogP contribution is -2.47. The van der Waals surface area contributed by atoms with Gasteiger partial charge in [-0.05, 0) is 35.2 Å². The van der Waals surface area contributed by atoms with E-state index in [1.807, 2.05) is 13.8 Å². The molecule has 2 aromatic heterocycles. The number of alkyl halides is 1. The lowest BCUT2D eigenvalue weighted by Gasteiger charge is -2.26. The minimum absolute atomic E-state index is 0.0506. The molecule has 0 saturated carbocycles. The lowest BCUT2D eigenvalue weighted by atomic mass is 9.96. The third-order valence-corrected chi connectivity index (χ3v) is 5.98. The highest BCUT2D eigenvalue weighted by Gasteiger charge is 2.40. The van der Waals surface area contributed by atoms with Gasteiger partial charge in [-0.25, -0.2) is 13.2 Å². The number of amides is 2. The van der Waals surface area contributed by atoms with Gasteiger partial charge in [0, 0.05) is 6.42 Å². The van der Waals surface area contributed by atoms with Crippen molar-refractivity contribution in [3.63, 3.8) is 0 Å². The third-order valence-electron chi connectivity index (χ3n) is 5.98. The van der Waals surface area contributed by atoms with Crippen LogP contribution in [0.5, 0.6) is 0 Å². The zero-order valence-electron chi connectivity index (χ0n) is 19.2. The van der Waals surface area contributed by atoms with Gasteiger partial charge in [0.2, 0.25) is 11.8 Å². The van der Waals surface area contributed by atoms with E-state index in [-0.39, 0.29) is 31.0 Å². The number of rotatable bonds is 7. The summed E-state index contributed by atoms with van der Waals surface area (Å²) >= 11 is 0. The van der Waals surface area contributed by atoms with Crippen molar-refractivity contribution in [1.82, 2.24) is 30.6 Å². The van der Waals surface area contributed by atoms with Crippen molar-refractivity contribution in [3.8, 4) is 0 Å². The smallest absolute Gasteiger partial charge is 0.243 e. The maximum absolute atomic E-state index is 14.8. The van der Waals surface area contributed by atoms with Crippen LogP contribution >= 0.6 is 0 Å². The fourth-order valence-electron chi connectivity index (χ4n) is 4.19. The van der Waals surface area contributed by atoms with Gasteiger partial charge < -0.3 is 10.2 Å². The first-order valence-electron chi connectivity index (χ1n) is 11.2. The van der Waals surface area contributed by atoms with E-state index in [0.717, 1.165) is 6.20 Å². The number of pyridine rings is 1. The number of benzene rings is 1. The topological polar surface area (TPSA) is 104 Å². The van der Waals surface area contributed by atoms with Gasteiger partial charge >= 0.3 is 0 Å². The van der Waals surface area contributed by atoms with E-state index in [4.69, 9.17) is 0 Å². The van der Waals surface area contributed by atoms with Gasteiger partial charge in [0.1, 0.15) is 23.8 Å². The number of nitrogens with one attached hydrogen (secondary N) is 2. The second kappa shape index (κ2) is 10.2. The molecule has 0 spiro atoms. The van der Waals surface area contributed by atoms with E-state index < -0.39 is 41.7 Å². The summed E-state index contributed by atoms with van der Waals surface area (Å²) in [5, 5.41) is 12.6. The Bertz CT molecular complexity index is 1190. The molecule has 0 bridgehead atoms. The number of aromatic amines is 1. The monoisotopic (exact) mass is 486 g/mol. The normalized spacial score (nSPS) is 18.6. The molecule has 184 valence electrons. The van der Waals surface area contributed by atoms with Crippen molar-refractivity contribution in [2.45, 2.75) is 50.9 Å². The van der Waals surface area contributed by atoms with E-state index in [1.165, 1.54) is 29.3 Å². The van der Waals surface area contributed by atoms with Crippen LogP contribution in [0.15, 0.2) is 42.7 Å². The molecule has 2 N–H and O–H groups in total. The summed E-state index contributed by atoms with van der Waals surface area (Å²) in [6.45, 7) is 3.49. The molecular weight excluding hydrogens is 461 g/mol. The average Bonchev–Trinajstić information content (AvgIpc) is 3.47. The number of aromatic nitrogens is 4. The van der Waals surface area contributed by atoms with Crippen LogP contribution in [-0.2, 0) is 16.0 Å². The zero-order chi connectivity index (χ0) is 25.1. The molecule has 1 aliphatic rings. The third kappa shape index (κ3) is 5.50. The minimum atomic E-state index is -1.38. The van der Waals surface area contributed by atoms with Gasteiger partial charge in [-0.15, -0.1) is 0 Å². The second-order valence-electron chi connectivity index (χ2n) is 8.81. The maximum Gasteiger partial charge on any atom is 0.243 e. The molecular formula is C24H25F3N6O2. The highest BCUT2D eigenvalue weighted by molar-refractivity contribution is 5.89. The number of hydrogen-bond donors (Lipinski definition) is 2. The van der Waals surface area contributed by atoms with E-state index in [2.05, 4.69) is 25.7 Å². The van der Waals surface area contributed by atoms with Crippen molar-refractivity contribution >= 4 is 11.8 Å². The van der Waals surface area contributed by atoms with Crippen LogP contribution in [-0.4, -0.2) is 55.9 Å². The molecule has 1 aliphatic heterocycles. The molecule has 3 unspecified atom stereocenters. The molecule has 3 atom stereocenters. The maximum atomic E-state index is 14.8. The summed E-state index contributed by atoms with van der Waals surface area (Å²) in [4.78, 5) is 31.3. The summed E-state index contributed by atoms with van der Waals surface area (Å²) in [5.74, 6) is -2.16. The van der Waals surface area contributed by atoms with E-state index in [0.29, 0.717) is 16.8 Å². The van der Waals surface area contributed by atoms with Crippen LogP contribution in [0.1, 0.15) is 54.7 Å². The molecule has 0 aliphatic carbocycles. The first-order valence-corrected chi connectivity index (χ1v) is 11.2. The zero-order valence-corrected chi connectivity index (χ0v) is 19.2. The summed E-state index contributed by atoms with van der Waals surface area (Å²) in [5.41, 5.74) is 1.53. The van der Waals surface area contributed by atoms with Crippen LogP contribution in [0.4, 0.5) is 13.2 Å². The van der Waals surface area contributed by atoms with Gasteiger partial charge in [0.05, 0.1) is 42.8 Å². The lowest BCUT2D eigenvalue weighted by molar-refractivity contribution is -0.138. The summed E-state index contributed by atoms with van der Waals surface area (Å²) in [6, 6.07) is 5.13. The van der Waals surface area contributed by atoms with Crippen molar-refractivity contribution in [2.75, 3.05) is 6.54 Å². The molecule has 2 amide bonds. The number of carbonyl (C=O) groups is 2. The van der Waals surface area contributed by atoms with Crippen molar-refractivity contribution in [1.29, 1.82) is 0 Å². The highest BCUT2D eigenvalue weighted by Crippen LogP contribution is 2.28. The van der Waals surface area contributed by atoms with Gasteiger partial charge in [0.15, 0.2) is 0 Å². The first kappa shape index (κ1) is 24.4. The summed E-state index contributed by atoms with van der Waals surface area (Å²) in [7, 11) is 0. The molecule has 3 aromatic rings. The molecule has 1 fully saturated rings.